The number of hydrogen-bond donors (Lipinski definition) is 0. The van der Waals surface area contributed by atoms with Crippen molar-refractivity contribution in [2.24, 2.45) is 0 Å². The topological polar surface area (TPSA) is 0 Å². The Bertz CT molecular complexity index is 1710. The summed E-state index contributed by atoms with van der Waals surface area (Å²) in [6.45, 7) is 4.55. The number of fused-ring (bicyclic) bond motifs is 3. The molecule has 5 rings (SSSR count). The average molecular weight is 1010 g/mol. The second-order valence-corrected chi connectivity index (χ2v) is 21.7. The largest absolute Gasteiger partial charge is 0.206 e. The summed E-state index contributed by atoms with van der Waals surface area (Å²) in [6.07, 6.45) is 38.6. The molecule has 0 bridgehead atoms. The second kappa shape index (κ2) is 27.1. The number of hydrogen-bond acceptors (Lipinski definition) is 2. The van der Waals surface area contributed by atoms with E-state index in [2.05, 4.69) is 57.8 Å². The standard InChI is InChI=1S/C53H72Br2F4S2/c1-3-5-7-9-11-13-15-17-19-21-23-25-27-29-31-53(32-30-28-26-24-22-20-18-16-14-12-10-8-6-4-2)41-37-47(39-33-43(56)49(54)44(57)34-39)60-51(41)52-42(53)38-48(61-52)40-35-45(58)50(55)46(59)36-40/h33-38H,3-32H2,1-2H3. The van der Waals surface area contributed by atoms with Crippen LogP contribution in [0.4, 0.5) is 17.6 Å². The van der Waals surface area contributed by atoms with Crippen LogP contribution in [0.3, 0.4) is 0 Å². The molecule has 0 spiro atoms. The van der Waals surface area contributed by atoms with Crippen molar-refractivity contribution in [3.8, 4) is 30.6 Å². The van der Waals surface area contributed by atoms with Crippen molar-refractivity contribution in [2.45, 2.75) is 212 Å². The average Bonchev–Trinajstić information content (AvgIpc) is 3.95. The molecular weight excluding hydrogens is 937 g/mol. The van der Waals surface area contributed by atoms with Crippen LogP contribution < -0.4 is 0 Å². The van der Waals surface area contributed by atoms with E-state index in [9.17, 15) is 17.6 Å². The van der Waals surface area contributed by atoms with Gasteiger partial charge in [0, 0.05) is 24.9 Å². The highest BCUT2D eigenvalue weighted by molar-refractivity contribution is 9.10. The van der Waals surface area contributed by atoms with Crippen molar-refractivity contribution in [1.29, 1.82) is 0 Å². The van der Waals surface area contributed by atoms with Gasteiger partial charge in [-0.15, -0.1) is 22.7 Å². The highest BCUT2D eigenvalue weighted by Crippen LogP contribution is 2.61. The summed E-state index contributed by atoms with van der Waals surface area (Å²) in [4.78, 5) is 3.98. The molecule has 0 fully saturated rings. The third-order valence-electron chi connectivity index (χ3n) is 13.2. The molecule has 0 amide bonds. The van der Waals surface area contributed by atoms with Crippen molar-refractivity contribution in [3.63, 3.8) is 0 Å². The van der Waals surface area contributed by atoms with Gasteiger partial charge in [-0.3, -0.25) is 0 Å². The Labute approximate surface area is 391 Å². The van der Waals surface area contributed by atoms with E-state index in [1.165, 1.54) is 202 Å². The fourth-order valence-electron chi connectivity index (χ4n) is 9.56. The van der Waals surface area contributed by atoms with Crippen LogP contribution >= 0.6 is 54.5 Å². The van der Waals surface area contributed by atoms with E-state index in [-0.39, 0.29) is 14.4 Å². The Morgan fingerprint density at radius 2 is 0.623 bits per heavy atom. The molecule has 2 heterocycles. The maximum Gasteiger partial charge on any atom is 0.141 e. The first kappa shape index (κ1) is 50.5. The van der Waals surface area contributed by atoms with Gasteiger partial charge in [-0.1, -0.05) is 194 Å². The number of unbranched alkanes of at least 4 members (excludes halogenated alkanes) is 26. The SMILES string of the molecule is CCCCCCCCCCCCCCCCC1(CCCCCCCCCCCCCCCC)c2cc(-c3cc(F)c(Br)c(F)c3)sc2-c2sc(-c3cc(F)c(Br)c(F)c3)cc21. The predicted octanol–water partition coefficient (Wildman–Crippen LogP) is 21.2. The Balaban J connectivity index is 1.28. The zero-order valence-corrected chi connectivity index (χ0v) is 42.1. The van der Waals surface area contributed by atoms with Gasteiger partial charge in [0.1, 0.15) is 23.3 Å². The molecule has 1 aliphatic carbocycles. The van der Waals surface area contributed by atoms with Crippen molar-refractivity contribution < 1.29 is 17.6 Å². The van der Waals surface area contributed by atoms with Crippen LogP contribution in [0, 0.1) is 23.3 Å². The summed E-state index contributed by atoms with van der Waals surface area (Å²) in [5.74, 6) is -2.45. The molecule has 338 valence electrons. The van der Waals surface area contributed by atoms with E-state index < -0.39 is 23.3 Å². The fourth-order valence-corrected chi connectivity index (χ4v) is 12.7. The predicted molar refractivity (Wildman–Crippen MR) is 264 cm³/mol. The minimum atomic E-state index is -0.613. The van der Waals surface area contributed by atoms with Crippen molar-refractivity contribution in [2.75, 3.05) is 0 Å². The third-order valence-corrected chi connectivity index (χ3v) is 17.2. The molecule has 8 heteroatoms. The van der Waals surface area contributed by atoms with Crippen molar-refractivity contribution in [3.05, 3.63) is 79.7 Å². The molecule has 0 unspecified atom stereocenters. The number of halogens is 6. The first-order valence-corrected chi connectivity index (χ1v) is 27.5. The Hall–Kier alpha value is -1.48. The highest BCUT2D eigenvalue weighted by atomic mass is 79.9. The van der Waals surface area contributed by atoms with E-state index in [1.54, 1.807) is 22.7 Å². The smallest absolute Gasteiger partial charge is 0.141 e. The van der Waals surface area contributed by atoms with E-state index >= 15 is 0 Å². The van der Waals surface area contributed by atoms with Crippen LogP contribution in [0.15, 0.2) is 45.3 Å². The van der Waals surface area contributed by atoms with Gasteiger partial charge in [-0.05, 0) is 103 Å². The molecule has 0 aliphatic heterocycles. The first-order chi connectivity index (χ1) is 29.7. The van der Waals surface area contributed by atoms with Crippen LogP contribution in [0.5, 0.6) is 0 Å². The Kier molecular flexibility index (Phi) is 22.4. The number of rotatable bonds is 32. The Morgan fingerprint density at radius 3 is 0.885 bits per heavy atom. The maximum absolute atomic E-state index is 14.9. The fraction of sp³-hybridized carbons (Fsp3) is 0.623. The monoisotopic (exact) mass is 1010 g/mol. The van der Waals surface area contributed by atoms with Gasteiger partial charge in [0.15, 0.2) is 0 Å². The summed E-state index contributed by atoms with van der Waals surface area (Å²) in [6, 6.07) is 10.1. The molecule has 1 aliphatic rings. The quantitative estimate of drug-likeness (QED) is 0.0260. The molecule has 0 saturated heterocycles. The molecule has 0 saturated carbocycles. The molecule has 4 aromatic rings. The van der Waals surface area contributed by atoms with Crippen molar-refractivity contribution in [1.82, 2.24) is 0 Å². The van der Waals surface area contributed by atoms with E-state index in [1.807, 2.05) is 0 Å². The molecule has 0 nitrogen and oxygen atoms in total. The Morgan fingerprint density at radius 1 is 0.377 bits per heavy atom. The van der Waals surface area contributed by atoms with Gasteiger partial charge >= 0.3 is 0 Å². The molecule has 0 radical (unpaired) electrons. The molecule has 0 N–H and O–H groups in total. The highest BCUT2D eigenvalue weighted by Gasteiger charge is 2.45. The maximum atomic E-state index is 14.9. The van der Waals surface area contributed by atoms with Crippen molar-refractivity contribution >= 4 is 54.5 Å². The first-order valence-electron chi connectivity index (χ1n) is 24.3. The van der Waals surface area contributed by atoms with E-state index in [0.717, 1.165) is 45.2 Å². The summed E-state index contributed by atoms with van der Waals surface area (Å²) in [7, 11) is 0. The second-order valence-electron chi connectivity index (χ2n) is 18.0. The zero-order valence-electron chi connectivity index (χ0n) is 37.3. The summed E-state index contributed by atoms with van der Waals surface area (Å²) < 4.78 is 59.3. The normalized spacial score (nSPS) is 13.0. The zero-order chi connectivity index (χ0) is 43.5. The van der Waals surface area contributed by atoms with Gasteiger partial charge in [-0.25, -0.2) is 17.6 Å². The van der Waals surface area contributed by atoms with Crippen LogP contribution in [0.25, 0.3) is 30.6 Å². The minimum absolute atomic E-state index is 0.149. The van der Waals surface area contributed by atoms with Crippen LogP contribution in [0.2, 0.25) is 0 Å². The van der Waals surface area contributed by atoms with Crippen LogP contribution in [-0.2, 0) is 5.41 Å². The lowest BCUT2D eigenvalue weighted by Gasteiger charge is -2.31. The van der Waals surface area contributed by atoms with Gasteiger partial charge in [0.05, 0.1) is 8.95 Å². The van der Waals surface area contributed by atoms with E-state index in [0.29, 0.717) is 11.1 Å². The third kappa shape index (κ3) is 14.8. The van der Waals surface area contributed by atoms with Gasteiger partial charge < -0.3 is 0 Å². The summed E-state index contributed by atoms with van der Waals surface area (Å²) >= 11 is 9.30. The van der Waals surface area contributed by atoms with Crippen LogP contribution in [0.1, 0.15) is 218 Å². The van der Waals surface area contributed by atoms with E-state index in [4.69, 9.17) is 0 Å². The molecule has 0 atom stereocenters. The molecule has 2 aromatic carbocycles. The van der Waals surface area contributed by atoms with Gasteiger partial charge in [-0.2, -0.15) is 0 Å². The minimum Gasteiger partial charge on any atom is -0.206 e. The lowest BCUT2D eigenvalue weighted by molar-refractivity contribution is 0.398. The lowest BCUT2D eigenvalue weighted by Crippen LogP contribution is -2.25. The van der Waals surface area contributed by atoms with Crippen LogP contribution in [-0.4, -0.2) is 0 Å². The molecular formula is C53H72Br2F4S2. The number of thiophene rings is 2. The van der Waals surface area contributed by atoms with Gasteiger partial charge in [0.2, 0.25) is 0 Å². The lowest BCUT2D eigenvalue weighted by atomic mass is 9.71. The summed E-state index contributed by atoms with van der Waals surface area (Å²) in [5, 5.41) is 0. The summed E-state index contributed by atoms with van der Waals surface area (Å²) in [5.41, 5.74) is 3.34. The van der Waals surface area contributed by atoms with Gasteiger partial charge in [0.25, 0.3) is 0 Å². The molecule has 2 aromatic heterocycles. The molecule has 61 heavy (non-hydrogen) atoms. The number of benzene rings is 2.